The highest BCUT2D eigenvalue weighted by molar-refractivity contribution is 5.75. The molecule has 0 aliphatic carbocycles. The number of aliphatic hydroxyl groups excluding tert-OH is 1. The van der Waals surface area contributed by atoms with Gasteiger partial charge in [0.2, 0.25) is 0 Å². The number of rotatable bonds is 5. The van der Waals surface area contributed by atoms with Crippen LogP contribution in [0.2, 0.25) is 0 Å². The van der Waals surface area contributed by atoms with E-state index in [1.807, 2.05) is 0 Å². The minimum atomic E-state index is -1.00. The monoisotopic (exact) mass is 323 g/mol. The molecule has 0 fully saturated rings. The fourth-order valence-electron chi connectivity index (χ4n) is 2.25. The van der Waals surface area contributed by atoms with Crippen LogP contribution in [0.25, 0.3) is 11.0 Å². The number of fused-ring (bicyclic) bond motifs is 1. The maximum atomic E-state index is 13.3. The summed E-state index contributed by atoms with van der Waals surface area (Å²) in [6.45, 7) is 0.0619. The van der Waals surface area contributed by atoms with Crippen molar-refractivity contribution in [1.82, 2.24) is 19.3 Å². The Bertz CT molecular complexity index is 876. The van der Waals surface area contributed by atoms with Gasteiger partial charge in [0, 0.05) is 12.1 Å². The lowest BCUT2D eigenvalue weighted by molar-refractivity contribution is -0.385. The van der Waals surface area contributed by atoms with Crippen molar-refractivity contribution >= 4 is 16.7 Å². The first-order valence-electron chi connectivity index (χ1n) is 6.59. The van der Waals surface area contributed by atoms with E-state index in [9.17, 15) is 24.0 Å². The second-order valence-corrected chi connectivity index (χ2v) is 4.98. The molecule has 0 saturated heterocycles. The maximum Gasteiger partial charge on any atom is 0.306 e. The van der Waals surface area contributed by atoms with Crippen LogP contribution in [-0.4, -0.2) is 35.5 Å². The van der Waals surface area contributed by atoms with Crippen molar-refractivity contribution in [2.24, 2.45) is 0 Å². The van der Waals surface area contributed by atoms with Crippen LogP contribution in [-0.2, 0) is 13.1 Å². The normalized spacial score (nSPS) is 12.7. The molecule has 1 atom stereocenters. The lowest BCUT2D eigenvalue weighted by atomic mass is 10.3. The summed E-state index contributed by atoms with van der Waals surface area (Å²) in [7, 11) is 0. The summed E-state index contributed by atoms with van der Waals surface area (Å²) in [6.07, 6.45) is 2.69. The first-order chi connectivity index (χ1) is 10.9. The molecule has 3 rings (SSSR count). The molecular formula is C13H11F2N5O3. The molecule has 0 radical (unpaired) electrons. The highest BCUT2D eigenvalue weighted by Crippen LogP contribution is 2.18. The first kappa shape index (κ1) is 15.0. The van der Waals surface area contributed by atoms with Gasteiger partial charge in [-0.05, 0) is 0 Å². The predicted molar refractivity (Wildman–Crippen MR) is 74.5 cm³/mol. The zero-order valence-corrected chi connectivity index (χ0v) is 11.6. The standard InChI is InChI=1S/C13H11F2N5O3/c14-10-1-12-13(2-11(10)15)18(7-16-12)5-9(21)6-19-4-8(3-17-19)20(22)23/h1-4,7,9,21H,5-6H2/t9-/m1/s1. The van der Waals surface area contributed by atoms with Crippen LogP contribution in [0.15, 0.2) is 30.9 Å². The number of benzene rings is 1. The van der Waals surface area contributed by atoms with Crippen molar-refractivity contribution in [3.05, 3.63) is 52.6 Å². The van der Waals surface area contributed by atoms with Crippen LogP contribution in [0, 0.1) is 21.7 Å². The van der Waals surface area contributed by atoms with E-state index in [1.165, 1.54) is 21.8 Å². The Kier molecular flexibility index (Phi) is 3.74. The van der Waals surface area contributed by atoms with Crippen molar-refractivity contribution in [3.8, 4) is 0 Å². The van der Waals surface area contributed by atoms with E-state index in [-0.39, 0.29) is 24.3 Å². The van der Waals surface area contributed by atoms with Gasteiger partial charge in [0.15, 0.2) is 11.6 Å². The zero-order chi connectivity index (χ0) is 16.6. The number of hydrogen-bond acceptors (Lipinski definition) is 5. The molecule has 0 aliphatic rings. The topological polar surface area (TPSA) is 99.0 Å². The highest BCUT2D eigenvalue weighted by Gasteiger charge is 2.14. The van der Waals surface area contributed by atoms with E-state index in [4.69, 9.17) is 0 Å². The third kappa shape index (κ3) is 3.01. The second-order valence-electron chi connectivity index (χ2n) is 4.98. The Balaban J connectivity index is 1.75. The molecule has 1 aromatic carbocycles. The van der Waals surface area contributed by atoms with Crippen molar-refractivity contribution in [1.29, 1.82) is 0 Å². The molecule has 0 amide bonds. The smallest absolute Gasteiger partial charge is 0.306 e. The number of nitrogens with zero attached hydrogens (tertiary/aromatic N) is 5. The van der Waals surface area contributed by atoms with Gasteiger partial charge in [-0.15, -0.1) is 0 Å². The average molecular weight is 323 g/mol. The molecule has 1 N–H and O–H groups in total. The zero-order valence-electron chi connectivity index (χ0n) is 11.6. The Morgan fingerprint density at radius 2 is 2.04 bits per heavy atom. The van der Waals surface area contributed by atoms with Crippen LogP contribution in [0.1, 0.15) is 0 Å². The number of nitro groups is 1. The average Bonchev–Trinajstić information content (AvgIpc) is 3.08. The van der Waals surface area contributed by atoms with Crippen molar-refractivity contribution < 1.29 is 18.8 Å². The molecule has 0 bridgehead atoms. The number of halogens is 2. The summed E-state index contributed by atoms with van der Waals surface area (Å²) in [5.74, 6) is -2.00. The Morgan fingerprint density at radius 3 is 2.74 bits per heavy atom. The fraction of sp³-hybridized carbons (Fsp3) is 0.231. The summed E-state index contributed by atoms with van der Waals surface area (Å²) in [4.78, 5) is 13.9. The van der Waals surface area contributed by atoms with E-state index >= 15 is 0 Å². The van der Waals surface area contributed by atoms with Gasteiger partial charge in [-0.1, -0.05) is 0 Å². The van der Waals surface area contributed by atoms with Gasteiger partial charge in [0.25, 0.3) is 0 Å². The molecular weight excluding hydrogens is 312 g/mol. The van der Waals surface area contributed by atoms with E-state index in [2.05, 4.69) is 10.1 Å². The molecule has 0 aliphatic heterocycles. The number of aliphatic hydroxyl groups is 1. The lowest BCUT2D eigenvalue weighted by Crippen LogP contribution is -2.22. The Morgan fingerprint density at radius 1 is 1.30 bits per heavy atom. The van der Waals surface area contributed by atoms with Gasteiger partial charge in [0.05, 0.1) is 41.5 Å². The molecule has 0 saturated carbocycles. The second kappa shape index (κ2) is 5.72. The van der Waals surface area contributed by atoms with Gasteiger partial charge in [0.1, 0.15) is 12.4 Å². The van der Waals surface area contributed by atoms with Crippen LogP contribution in [0.3, 0.4) is 0 Å². The minimum Gasteiger partial charge on any atom is -0.389 e. The van der Waals surface area contributed by atoms with Crippen molar-refractivity contribution in [2.75, 3.05) is 0 Å². The lowest BCUT2D eigenvalue weighted by Gasteiger charge is -2.12. The predicted octanol–water partition coefficient (Wildman–Crippen LogP) is 1.48. The molecule has 2 heterocycles. The largest absolute Gasteiger partial charge is 0.389 e. The van der Waals surface area contributed by atoms with Crippen molar-refractivity contribution in [3.63, 3.8) is 0 Å². The molecule has 10 heteroatoms. The summed E-state index contributed by atoms with van der Waals surface area (Å²) in [5, 5.41) is 24.4. The van der Waals surface area contributed by atoms with E-state index in [0.717, 1.165) is 18.3 Å². The summed E-state index contributed by atoms with van der Waals surface area (Å²) in [5.41, 5.74) is 0.433. The van der Waals surface area contributed by atoms with Crippen LogP contribution >= 0.6 is 0 Å². The molecule has 23 heavy (non-hydrogen) atoms. The van der Waals surface area contributed by atoms with Gasteiger partial charge in [-0.25, -0.2) is 13.8 Å². The third-order valence-corrected chi connectivity index (χ3v) is 3.30. The van der Waals surface area contributed by atoms with Crippen LogP contribution in [0.4, 0.5) is 14.5 Å². The van der Waals surface area contributed by atoms with E-state index in [1.54, 1.807) is 0 Å². The summed E-state index contributed by atoms with van der Waals surface area (Å²) in [6, 6.07) is 1.98. The molecule has 120 valence electrons. The SMILES string of the molecule is O=[N+]([O-])c1cnn(C[C@H](O)Cn2cnc3cc(F)c(F)cc32)c1. The minimum absolute atomic E-state index is 0.0111. The Labute approximate surface area is 127 Å². The maximum absolute atomic E-state index is 13.3. The molecule has 0 unspecified atom stereocenters. The molecule has 3 aromatic rings. The quantitative estimate of drug-likeness (QED) is 0.566. The number of hydrogen-bond donors (Lipinski definition) is 1. The first-order valence-corrected chi connectivity index (χ1v) is 6.59. The van der Waals surface area contributed by atoms with Gasteiger partial charge in [-0.2, -0.15) is 5.10 Å². The Hall–Kier alpha value is -2.88. The van der Waals surface area contributed by atoms with E-state index < -0.39 is 22.7 Å². The fourth-order valence-corrected chi connectivity index (χ4v) is 2.25. The van der Waals surface area contributed by atoms with Crippen LogP contribution in [0.5, 0.6) is 0 Å². The summed E-state index contributed by atoms with van der Waals surface area (Å²) >= 11 is 0. The van der Waals surface area contributed by atoms with Gasteiger partial charge in [-0.3, -0.25) is 14.8 Å². The number of aromatic nitrogens is 4. The van der Waals surface area contributed by atoms with Gasteiger partial charge >= 0.3 is 5.69 Å². The highest BCUT2D eigenvalue weighted by atomic mass is 19.2. The van der Waals surface area contributed by atoms with Crippen LogP contribution < -0.4 is 0 Å². The van der Waals surface area contributed by atoms with Gasteiger partial charge < -0.3 is 9.67 Å². The molecule has 0 spiro atoms. The third-order valence-electron chi connectivity index (χ3n) is 3.30. The van der Waals surface area contributed by atoms with E-state index in [0.29, 0.717) is 5.52 Å². The molecule has 8 nitrogen and oxygen atoms in total. The summed E-state index contributed by atoms with van der Waals surface area (Å²) < 4.78 is 29.2. The number of imidazole rings is 1. The van der Waals surface area contributed by atoms with Crippen molar-refractivity contribution in [2.45, 2.75) is 19.2 Å². The molecule has 2 aromatic heterocycles.